The first kappa shape index (κ1) is 30.3. The lowest BCUT2D eigenvalue weighted by molar-refractivity contribution is 0.0351. The number of rotatable bonds is 11. The van der Waals surface area contributed by atoms with Crippen LogP contribution in [0, 0.1) is 17.1 Å². The number of aromatic nitrogens is 2. The summed E-state index contributed by atoms with van der Waals surface area (Å²) >= 11 is 1.30. The molecule has 5 rings (SSSR count). The summed E-state index contributed by atoms with van der Waals surface area (Å²) in [6.07, 6.45) is 9.31. The van der Waals surface area contributed by atoms with E-state index in [1.54, 1.807) is 29.1 Å². The number of anilines is 1. The topological polar surface area (TPSA) is 95.7 Å². The van der Waals surface area contributed by atoms with Gasteiger partial charge in [-0.05, 0) is 63.6 Å². The summed E-state index contributed by atoms with van der Waals surface area (Å²) in [5.41, 5.74) is 0.746. The molecule has 1 N–H and O–H groups in total. The third-order valence-electron chi connectivity index (χ3n) is 8.27. The molecule has 3 aromatic rings. The molecule has 2 unspecified atom stereocenters. The van der Waals surface area contributed by atoms with Gasteiger partial charge in [-0.25, -0.2) is 13.7 Å². The van der Waals surface area contributed by atoms with E-state index in [0.29, 0.717) is 29.2 Å². The normalized spacial score (nSPS) is 18.8. The van der Waals surface area contributed by atoms with Crippen LogP contribution in [0.25, 0.3) is 10.9 Å². The quantitative estimate of drug-likeness (QED) is 0.264. The molecule has 0 amide bonds. The molecular weight excluding hydrogens is 555 g/mol. The Hall–Kier alpha value is -3.17. The second-order valence-corrected chi connectivity index (χ2v) is 12.2. The Morgan fingerprint density at radius 3 is 2.81 bits per heavy atom. The van der Waals surface area contributed by atoms with Gasteiger partial charge in [-0.15, -0.1) is 0 Å². The molecule has 2 aromatic carbocycles. The van der Waals surface area contributed by atoms with Gasteiger partial charge < -0.3 is 14.2 Å². The van der Waals surface area contributed by atoms with Gasteiger partial charge in [0.15, 0.2) is 11.6 Å². The van der Waals surface area contributed by atoms with Gasteiger partial charge in [-0.2, -0.15) is 5.26 Å². The van der Waals surface area contributed by atoms with Crippen LogP contribution in [-0.2, 0) is 4.74 Å². The lowest BCUT2D eigenvalue weighted by Crippen LogP contribution is -2.36. The number of halogens is 1. The van der Waals surface area contributed by atoms with Gasteiger partial charge in [0.05, 0.1) is 41.7 Å². The van der Waals surface area contributed by atoms with Crippen molar-refractivity contribution in [3.05, 3.63) is 58.4 Å². The molecule has 2 aliphatic rings. The highest BCUT2D eigenvalue weighted by Gasteiger charge is 2.30. The second-order valence-electron chi connectivity index (χ2n) is 11.2. The van der Waals surface area contributed by atoms with Crippen LogP contribution >= 0.6 is 12.1 Å². The Morgan fingerprint density at radius 1 is 1.24 bits per heavy atom. The summed E-state index contributed by atoms with van der Waals surface area (Å²) in [5.74, 6) is -0.636. The molecule has 2 fully saturated rings. The highest BCUT2D eigenvalue weighted by molar-refractivity contribution is 7.98. The average molecular weight is 595 g/mol. The molecule has 0 bridgehead atoms. The van der Waals surface area contributed by atoms with E-state index in [1.165, 1.54) is 56.4 Å². The molecule has 1 aliphatic heterocycles. The molecule has 1 saturated carbocycles. The predicted molar refractivity (Wildman–Crippen MR) is 164 cm³/mol. The molecule has 42 heavy (non-hydrogen) atoms. The minimum absolute atomic E-state index is 0.0374. The van der Waals surface area contributed by atoms with Crippen LogP contribution in [0.1, 0.15) is 64.0 Å². The standard InChI is InChI=1S/C31H39FN6O3S/c1-4-36(3)42-35-29-13-11-27(32)30(26(29)17-33)41-23-10-12-28-25(16-23)31(39)38(20-34-28)21(2)19-40-24-14-15-37(18-24)22-8-6-5-7-9-22/h10-13,16,20-22,24,35H,4-9,14-15,18-19H2,1-3H3. The summed E-state index contributed by atoms with van der Waals surface area (Å²) in [6.45, 7) is 7.16. The van der Waals surface area contributed by atoms with Crippen molar-refractivity contribution in [2.45, 2.75) is 70.6 Å². The van der Waals surface area contributed by atoms with Crippen molar-refractivity contribution >= 4 is 28.7 Å². The minimum atomic E-state index is -0.672. The molecule has 0 spiro atoms. The molecule has 1 aromatic heterocycles. The number of ether oxygens (including phenoxy) is 2. The van der Waals surface area contributed by atoms with Crippen molar-refractivity contribution in [1.29, 1.82) is 5.26 Å². The zero-order valence-corrected chi connectivity index (χ0v) is 25.3. The number of nitriles is 1. The lowest BCUT2D eigenvalue weighted by Gasteiger charge is -2.31. The van der Waals surface area contributed by atoms with E-state index >= 15 is 0 Å². The van der Waals surface area contributed by atoms with Crippen molar-refractivity contribution in [3.8, 4) is 17.6 Å². The van der Waals surface area contributed by atoms with Gasteiger partial charge in [-0.3, -0.25) is 14.3 Å². The third-order valence-corrected chi connectivity index (χ3v) is 9.15. The molecule has 1 saturated heterocycles. The van der Waals surface area contributed by atoms with Crippen LogP contribution in [0.2, 0.25) is 0 Å². The van der Waals surface area contributed by atoms with Crippen molar-refractivity contribution in [2.75, 3.05) is 38.0 Å². The van der Waals surface area contributed by atoms with Crippen molar-refractivity contribution in [2.24, 2.45) is 0 Å². The van der Waals surface area contributed by atoms with E-state index in [0.717, 1.165) is 26.1 Å². The van der Waals surface area contributed by atoms with Crippen molar-refractivity contribution in [1.82, 2.24) is 18.8 Å². The number of fused-ring (bicyclic) bond motifs is 1. The lowest BCUT2D eigenvalue weighted by atomic mass is 9.94. The molecule has 2 heterocycles. The van der Waals surface area contributed by atoms with Crippen LogP contribution in [0.3, 0.4) is 0 Å². The molecule has 2 atom stereocenters. The zero-order chi connectivity index (χ0) is 29.6. The van der Waals surface area contributed by atoms with Crippen LogP contribution in [-0.4, -0.2) is 64.2 Å². The van der Waals surface area contributed by atoms with E-state index in [-0.39, 0.29) is 34.8 Å². The Balaban J connectivity index is 1.29. The predicted octanol–water partition coefficient (Wildman–Crippen LogP) is 6.11. The van der Waals surface area contributed by atoms with Crippen molar-refractivity contribution in [3.63, 3.8) is 0 Å². The van der Waals surface area contributed by atoms with Crippen LogP contribution in [0.15, 0.2) is 41.5 Å². The minimum Gasteiger partial charge on any atom is -0.453 e. The smallest absolute Gasteiger partial charge is 0.261 e. The van der Waals surface area contributed by atoms with Crippen LogP contribution in [0.5, 0.6) is 11.5 Å². The largest absolute Gasteiger partial charge is 0.453 e. The highest BCUT2D eigenvalue weighted by atomic mass is 32.2. The van der Waals surface area contributed by atoms with Crippen LogP contribution < -0.4 is 15.0 Å². The first-order valence-corrected chi connectivity index (χ1v) is 15.6. The summed E-state index contributed by atoms with van der Waals surface area (Å²) in [4.78, 5) is 20.6. The fraction of sp³-hybridized carbons (Fsp3) is 0.516. The van der Waals surface area contributed by atoms with E-state index < -0.39 is 5.82 Å². The van der Waals surface area contributed by atoms with E-state index in [2.05, 4.69) is 14.6 Å². The molecule has 11 heteroatoms. The first-order valence-electron chi connectivity index (χ1n) is 14.8. The fourth-order valence-electron chi connectivity index (χ4n) is 5.68. The summed E-state index contributed by atoms with van der Waals surface area (Å²) in [6, 6.07) is 10.1. The zero-order valence-electron chi connectivity index (χ0n) is 24.5. The molecule has 224 valence electrons. The number of benzene rings is 2. The van der Waals surface area contributed by atoms with Gasteiger partial charge in [0.2, 0.25) is 0 Å². The monoisotopic (exact) mass is 594 g/mol. The average Bonchev–Trinajstić information content (AvgIpc) is 3.50. The summed E-state index contributed by atoms with van der Waals surface area (Å²) < 4.78 is 33.6. The van der Waals surface area contributed by atoms with E-state index in [9.17, 15) is 14.4 Å². The maximum atomic E-state index is 14.9. The number of hydrogen-bond donors (Lipinski definition) is 1. The van der Waals surface area contributed by atoms with Gasteiger partial charge in [-0.1, -0.05) is 26.2 Å². The number of hydrogen-bond acceptors (Lipinski definition) is 9. The van der Waals surface area contributed by atoms with Gasteiger partial charge >= 0.3 is 0 Å². The SMILES string of the molecule is CCN(C)SNc1ccc(F)c(Oc2ccc3ncn(C(C)COC4CCN(C5CCCCC5)C4)c(=O)c3c2)c1C#N. The number of nitrogens with one attached hydrogen (secondary N) is 1. The highest BCUT2D eigenvalue weighted by Crippen LogP contribution is 2.35. The first-order chi connectivity index (χ1) is 20.4. The molecule has 0 radical (unpaired) electrons. The third kappa shape index (κ3) is 6.89. The Morgan fingerprint density at radius 2 is 2.05 bits per heavy atom. The molecule has 9 nitrogen and oxygen atoms in total. The van der Waals surface area contributed by atoms with Gasteiger partial charge in [0.25, 0.3) is 5.56 Å². The maximum Gasteiger partial charge on any atom is 0.261 e. The van der Waals surface area contributed by atoms with Crippen molar-refractivity contribution < 1.29 is 13.9 Å². The van der Waals surface area contributed by atoms with E-state index in [4.69, 9.17) is 9.47 Å². The van der Waals surface area contributed by atoms with Gasteiger partial charge in [0, 0.05) is 37.8 Å². The summed E-state index contributed by atoms with van der Waals surface area (Å²) in [5, 5.41) is 10.2. The van der Waals surface area contributed by atoms with Gasteiger partial charge in [0.1, 0.15) is 17.4 Å². The number of nitrogens with zero attached hydrogens (tertiary/aromatic N) is 5. The van der Waals surface area contributed by atoms with E-state index in [1.807, 2.05) is 31.3 Å². The molecular formula is C31H39FN6O3S. The number of likely N-dealkylation sites (tertiary alicyclic amines) is 1. The Labute approximate surface area is 250 Å². The summed E-state index contributed by atoms with van der Waals surface area (Å²) in [7, 11) is 1.90. The second kappa shape index (κ2) is 13.9. The Bertz CT molecular complexity index is 1490. The molecule has 1 aliphatic carbocycles. The fourth-order valence-corrected chi connectivity index (χ4v) is 6.23. The van der Waals surface area contributed by atoms with Crippen LogP contribution in [0.4, 0.5) is 10.1 Å². The maximum absolute atomic E-state index is 14.9. The Kier molecular flexibility index (Phi) is 10.0.